The fourth-order valence-corrected chi connectivity index (χ4v) is 3.79. The molecule has 1 unspecified atom stereocenters. The lowest BCUT2D eigenvalue weighted by Crippen LogP contribution is -2.75. The largest absolute Gasteiger partial charge is 0.429 e. The predicted octanol–water partition coefficient (Wildman–Crippen LogP) is 4.74. The first-order valence-corrected chi connectivity index (χ1v) is 9.21. The van der Waals surface area contributed by atoms with Gasteiger partial charge in [0.25, 0.3) is 5.66 Å². The van der Waals surface area contributed by atoms with Crippen molar-refractivity contribution in [2.24, 2.45) is 0 Å². The van der Waals surface area contributed by atoms with Crippen molar-refractivity contribution in [2.75, 3.05) is 0 Å². The molecule has 0 rings (SSSR count). The van der Waals surface area contributed by atoms with Crippen LogP contribution >= 0.6 is 7.75 Å². The molecule has 0 amide bonds. The van der Waals surface area contributed by atoms with E-state index in [1.807, 2.05) is 0 Å². The van der Waals surface area contributed by atoms with Crippen LogP contribution in [0.25, 0.3) is 0 Å². The first-order chi connectivity index (χ1) is 11.0. The molecule has 0 radical (unpaired) electrons. The van der Waals surface area contributed by atoms with E-state index in [-0.39, 0.29) is 6.42 Å². The Bertz CT molecular complexity index is 440. The second-order valence-electron chi connectivity index (χ2n) is 6.12. The van der Waals surface area contributed by atoms with Gasteiger partial charge in [0.1, 0.15) is 0 Å². The van der Waals surface area contributed by atoms with Crippen LogP contribution < -0.4 is 10.4 Å². The quantitative estimate of drug-likeness (QED) is 0.331. The van der Waals surface area contributed by atoms with Gasteiger partial charge in [-0.25, -0.2) is 4.57 Å². The van der Waals surface area contributed by atoms with Crippen molar-refractivity contribution in [3.05, 3.63) is 0 Å². The van der Waals surface area contributed by atoms with Crippen LogP contribution in [0.5, 0.6) is 0 Å². The summed E-state index contributed by atoms with van der Waals surface area (Å²) >= 11 is 0. The van der Waals surface area contributed by atoms with Gasteiger partial charge in [-0.2, -0.15) is 31.4 Å². The lowest BCUT2D eigenvalue weighted by molar-refractivity contribution is -0.315. The van der Waals surface area contributed by atoms with Crippen molar-refractivity contribution in [3.8, 4) is 0 Å². The maximum atomic E-state index is 13.5. The lowest BCUT2D eigenvalue weighted by atomic mass is 10.1. The Morgan fingerprint density at radius 3 is 1.48 bits per heavy atom. The van der Waals surface area contributed by atoms with Crippen molar-refractivity contribution in [2.45, 2.75) is 84.2 Å². The maximum Gasteiger partial charge on any atom is 0.429 e. The highest BCUT2D eigenvalue weighted by molar-refractivity contribution is 7.51. The number of nitrogens with one attached hydrogen (secondary N) is 2. The molecule has 0 fully saturated rings. The number of alkyl halides is 6. The summed E-state index contributed by atoms with van der Waals surface area (Å²) < 4.78 is 103. The zero-order valence-electron chi connectivity index (χ0n) is 14.9. The molecule has 0 aromatic heterocycles. The summed E-state index contributed by atoms with van der Waals surface area (Å²) in [6.07, 6.45) is -13.7. The molecule has 0 aromatic carbocycles. The summed E-state index contributed by atoms with van der Waals surface area (Å²) in [6, 6.07) is -1.19. The van der Waals surface area contributed by atoms with Crippen LogP contribution in [0.2, 0.25) is 0 Å². The summed E-state index contributed by atoms with van der Waals surface area (Å²) in [4.78, 5) is 0. The monoisotopic (exact) mass is 402 g/mol. The van der Waals surface area contributed by atoms with Crippen molar-refractivity contribution in [3.63, 3.8) is 0 Å². The number of hydrogen-bond donors (Lipinski definition) is 2. The molecule has 152 valence electrons. The molecule has 0 aliphatic heterocycles. The summed E-state index contributed by atoms with van der Waals surface area (Å²) in [5.74, 6) is 0. The minimum atomic E-state index is -5.87. The standard InChI is InChI=1S/C13H25F6N2O3P/c1-7-10(6)20-11(12(14,15)16,13(17,18)19)21-25(22,23-8(2)3)24-9(4)5/h8-10,20H,7H2,1-6H3,(H,21,22). The van der Waals surface area contributed by atoms with Crippen LogP contribution in [0.1, 0.15) is 48.0 Å². The SMILES string of the molecule is CCC(C)NC(NP(=O)(OC(C)C)OC(C)C)(C(F)(F)F)C(F)(F)F. The van der Waals surface area contributed by atoms with Crippen molar-refractivity contribution >= 4 is 7.75 Å². The highest BCUT2D eigenvalue weighted by Crippen LogP contribution is 2.53. The average Bonchev–Trinajstić information content (AvgIpc) is 2.32. The second kappa shape index (κ2) is 8.56. The molecule has 0 saturated carbocycles. The van der Waals surface area contributed by atoms with Gasteiger partial charge in [0.2, 0.25) is 0 Å². The van der Waals surface area contributed by atoms with Gasteiger partial charge in [-0.15, -0.1) is 0 Å². The molecule has 5 nitrogen and oxygen atoms in total. The zero-order valence-corrected chi connectivity index (χ0v) is 15.8. The Morgan fingerprint density at radius 2 is 1.24 bits per heavy atom. The molecule has 0 saturated heterocycles. The van der Waals surface area contributed by atoms with E-state index in [1.165, 1.54) is 39.9 Å². The van der Waals surface area contributed by atoms with Gasteiger partial charge >= 0.3 is 20.1 Å². The van der Waals surface area contributed by atoms with E-state index >= 15 is 0 Å². The molecular weight excluding hydrogens is 377 g/mol. The van der Waals surface area contributed by atoms with Crippen LogP contribution in [-0.4, -0.2) is 36.3 Å². The van der Waals surface area contributed by atoms with E-state index in [2.05, 4.69) is 0 Å². The summed E-state index contributed by atoms with van der Waals surface area (Å²) in [5.41, 5.74) is -4.66. The molecule has 0 heterocycles. The molecule has 0 aliphatic carbocycles. The minimum absolute atomic E-state index is 0.0318. The Labute approximate surface area is 143 Å². The van der Waals surface area contributed by atoms with Crippen LogP contribution in [0.4, 0.5) is 26.3 Å². The smallest absolute Gasteiger partial charge is 0.294 e. The molecule has 0 aromatic rings. The van der Waals surface area contributed by atoms with E-state index in [9.17, 15) is 30.9 Å². The number of halogens is 6. The molecule has 0 bridgehead atoms. The third kappa shape index (κ3) is 6.71. The Kier molecular flexibility index (Phi) is 8.44. The molecule has 0 aliphatic rings. The van der Waals surface area contributed by atoms with Gasteiger partial charge in [0, 0.05) is 6.04 Å². The van der Waals surface area contributed by atoms with E-state index in [4.69, 9.17) is 9.05 Å². The normalized spacial score (nSPS) is 15.9. The zero-order chi connectivity index (χ0) is 20.3. The maximum absolute atomic E-state index is 13.5. The predicted molar refractivity (Wildman–Crippen MR) is 80.9 cm³/mol. The van der Waals surface area contributed by atoms with Gasteiger partial charge in [-0.05, 0) is 41.0 Å². The number of rotatable bonds is 9. The molecule has 0 spiro atoms. The summed E-state index contributed by atoms with van der Waals surface area (Å²) in [5, 5.41) is 2.57. The first-order valence-electron chi connectivity index (χ1n) is 7.67. The third-order valence-corrected chi connectivity index (χ3v) is 4.94. The topological polar surface area (TPSA) is 59.6 Å². The van der Waals surface area contributed by atoms with Gasteiger partial charge in [-0.3, -0.25) is 14.4 Å². The van der Waals surface area contributed by atoms with E-state index in [0.717, 1.165) is 12.0 Å². The second-order valence-corrected chi connectivity index (χ2v) is 7.76. The van der Waals surface area contributed by atoms with Crippen LogP contribution in [0.15, 0.2) is 0 Å². The van der Waals surface area contributed by atoms with Crippen molar-refractivity contribution < 1.29 is 40.0 Å². The fourth-order valence-electron chi connectivity index (χ4n) is 1.79. The lowest BCUT2D eigenvalue weighted by Gasteiger charge is -2.42. The molecule has 2 N–H and O–H groups in total. The highest BCUT2D eigenvalue weighted by atomic mass is 31.2. The third-order valence-electron chi connectivity index (χ3n) is 2.93. The molecule has 25 heavy (non-hydrogen) atoms. The van der Waals surface area contributed by atoms with E-state index in [1.54, 1.807) is 0 Å². The molecule has 1 atom stereocenters. The van der Waals surface area contributed by atoms with Crippen LogP contribution in [0, 0.1) is 0 Å². The fraction of sp³-hybridized carbons (Fsp3) is 1.00. The van der Waals surface area contributed by atoms with Gasteiger partial charge in [-0.1, -0.05) is 6.92 Å². The first kappa shape index (κ1) is 24.7. The average molecular weight is 402 g/mol. The van der Waals surface area contributed by atoms with Gasteiger partial charge in [0.05, 0.1) is 12.2 Å². The summed E-state index contributed by atoms with van der Waals surface area (Å²) in [7, 11) is -4.97. The number of hydrogen-bond acceptors (Lipinski definition) is 4. The van der Waals surface area contributed by atoms with Gasteiger partial charge in [0.15, 0.2) is 0 Å². The van der Waals surface area contributed by atoms with E-state index in [0.29, 0.717) is 0 Å². The minimum Gasteiger partial charge on any atom is -0.294 e. The van der Waals surface area contributed by atoms with Crippen LogP contribution in [0.3, 0.4) is 0 Å². The van der Waals surface area contributed by atoms with Gasteiger partial charge < -0.3 is 0 Å². The Balaban J connectivity index is 6.23. The Morgan fingerprint density at radius 1 is 0.880 bits per heavy atom. The molecular formula is C13H25F6N2O3P. The van der Waals surface area contributed by atoms with Crippen molar-refractivity contribution in [1.82, 2.24) is 10.4 Å². The highest BCUT2D eigenvalue weighted by Gasteiger charge is 2.73. The van der Waals surface area contributed by atoms with Crippen molar-refractivity contribution in [1.29, 1.82) is 0 Å². The molecule has 12 heteroatoms. The van der Waals surface area contributed by atoms with E-state index < -0.39 is 44.0 Å². The Hall–Kier alpha value is -0.350. The van der Waals surface area contributed by atoms with Crippen LogP contribution in [-0.2, 0) is 13.6 Å². The summed E-state index contributed by atoms with van der Waals surface area (Å²) in [6.45, 7) is 7.79.